The van der Waals surface area contributed by atoms with Crippen molar-refractivity contribution in [1.29, 1.82) is 0 Å². The highest BCUT2D eigenvalue weighted by molar-refractivity contribution is 5.85. The van der Waals surface area contributed by atoms with Gasteiger partial charge in [0.05, 0.1) is 6.20 Å². The molecule has 2 N–H and O–H groups in total. The molecule has 3 rings (SSSR count). The number of hydrogen-bond acceptors (Lipinski definition) is 5. The van der Waals surface area contributed by atoms with E-state index in [9.17, 15) is 0 Å². The largest absolute Gasteiger partial charge is 0.339 e. The molecule has 2 heterocycles. The van der Waals surface area contributed by atoms with Gasteiger partial charge in [0.15, 0.2) is 0 Å². The van der Waals surface area contributed by atoms with Crippen molar-refractivity contribution in [3.8, 4) is 11.4 Å². The van der Waals surface area contributed by atoms with Gasteiger partial charge in [-0.05, 0) is 17.5 Å². The lowest BCUT2D eigenvalue weighted by Crippen LogP contribution is -1.95. The first-order valence-corrected chi connectivity index (χ1v) is 6.84. The molecule has 0 fully saturated rings. The third kappa shape index (κ3) is 3.72. The van der Waals surface area contributed by atoms with Crippen LogP contribution in [0, 0.1) is 0 Å². The van der Waals surface area contributed by atoms with Crippen LogP contribution in [0.1, 0.15) is 17.0 Å². The van der Waals surface area contributed by atoms with Crippen LogP contribution in [0.25, 0.3) is 11.4 Å². The molecule has 22 heavy (non-hydrogen) atoms. The summed E-state index contributed by atoms with van der Waals surface area (Å²) in [6.45, 7) is 0.531. The van der Waals surface area contributed by atoms with Crippen molar-refractivity contribution < 1.29 is 4.52 Å². The molecule has 0 atom stereocenters. The summed E-state index contributed by atoms with van der Waals surface area (Å²) in [5, 5.41) is 8.16. The summed E-state index contributed by atoms with van der Waals surface area (Å²) in [5.74, 6) is 1.25. The minimum atomic E-state index is 0. The quantitative estimate of drug-likeness (QED) is 0.779. The van der Waals surface area contributed by atoms with Crippen LogP contribution in [0.4, 0.5) is 0 Å². The van der Waals surface area contributed by atoms with Crippen LogP contribution in [0.5, 0.6) is 0 Å². The standard InChI is InChI=1S/C15H17N5O.ClH/c1-20-10-12(9-17-20)4-7-14-18-15(19-21-14)13-5-2-11(8-16)3-6-13;/h2-3,5-6,9-10H,4,7-8,16H2,1H3;1H. The van der Waals surface area contributed by atoms with E-state index in [-0.39, 0.29) is 12.4 Å². The topological polar surface area (TPSA) is 82.8 Å². The molecule has 0 amide bonds. The molecule has 0 saturated carbocycles. The zero-order valence-corrected chi connectivity index (χ0v) is 13.1. The molecule has 0 unspecified atom stereocenters. The van der Waals surface area contributed by atoms with Crippen molar-refractivity contribution in [1.82, 2.24) is 19.9 Å². The van der Waals surface area contributed by atoms with Crippen molar-refractivity contribution in [2.24, 2.45) is 12.8 Å². The number of rotatable bonds is 5. The zero-order chi connectivity index (χ0) is 14.7. The minimum absolute atomic E-state index is 0. The lowest BCUT2D eigenvalue weighted by molar-refractivity contribution is 0.379. The third-order valence-electron chi connectivity index (χ3n) is 3.30. The van der Waals surface area contributed by atoms with Gasteiger partial charge in [-0.1, -0.05) is 29.4 Å². The Hall–Kier alpha value is -2.18. The number of benzene rings is 1. The first-order chi connectivity index (χ1) is 10.2. The summed E-state index contributed by atoms with van der Waals surface area (Å²) in [5.41, 5.74) is 8.76. The van der Waals surface area contributed by atoms with Gasteiger partial charge >= 0.3 is 0 Å². The fraction of sp³-hybridized carbons (Fsp3) is 0.267. The molecule has 0 radical (unpaired) electrons. The molecule has 0 bridgehead atoms. The Kier molecular flexibility index (Phi) is 5.30. The SMILES string of the molecule is Cl.Cn1cc(CCc2nc(-c3ccc(CN)cc3)no2)cn1. The maximum atomic E-state index is 5.58. The van der Waals surface area contributed by atoms with Crippen LogP contribution in [0.3, 0.4) is 0 Å². The normalized spacial score (nSPS) is 10.5. The maximum absolute atomic E-state index is 5.58. The van der Waals surface area contributed by atoms with Gasteiger partial charge < -0.3 is 10.3 Å². The molecule has 3 aromatic rings. The summed E-state index contributed by atoms with van der Waals surface area (Å²) in [6.07, 6.45) is 5.38. The molecule has 0 aliphatic carbocycles. The van der Waals surface area contributed by atoms with Gasteiger partial charge in [-0.15, -0.1) is 12.4 Å². The van der Waals surface area contributed by atoms with E-state index in [1.807, 2.05) is 43.7 Å². The van der Waals surface area contributed by atoms with Crippen molar-refractivity contribution in [3.63, 3.8) is 0 Å². The van der Waals surface area contributed by atoms with Gasteiger partial charge in [0.2, 0.25) is 11.7 Å². The summed E-state index contributed by atoms with van der Waals surface area (Å²) in [6, 6.07) is 7.86. The van der Waals surface area contributed by atoms with Crippen LogP contribution < -0.4 is 5.73 Å². The Morgan fingerprint density at radius 3 is 2.55 bits per heavy atom. The van der Waals surface area contributed by atoms with E-state index in [1.165, 1.54) is 0 Å². The Bertz CT molecular complexity index is 720. The summed E-state index contributed by atoms with van der Waals surface area (Å²) in [4.78, 5) is 4.42. The van der Waals surface area contributed by atoms with Crippen LogP contribution in [0.15, 0.2) is 41.2 Å². The Morgan fingerprint density at radius 1 is 1.14 bits per heavy atom. The minimum Gasteiger partial charge on any atom is -0.339 e. The Morgan fingerprint density at radius 2 is 1.91 bits per heavy atom. The molecule has 0 spiro atoms. The Labute approximate surface area is 134 Å². The summed E-state index contributed by atoms with van der Waals surface area (Å²) < 4.78 is 7.08. The molecule has 7 heteroatoms. The van der Waals surface area contributed by atoms with E-state index in [4.69, 9.17) is 10.3 Å². The van der Waals surface area contributed by atoms with Crippen molar-refractivity contribution in [2.45, 2.75) is 19.4 Å². The molecular formula is C15H18ClN5O. The van der Waals surface area contributed by atoms with Gasteiger partial charge in [-0.2, -0.15) is 10.1 Å². The van der Waals surface area contributed by atoms with E-state index in [0.717, 1.165) is 23.1 Å². The molecule has 1 aromatic carbocycles. The van der Waals surface area contributed by atoms with E-state index in [0.29, 0.717) is 24.7 Å². The predicted molar refractivity (Wildman–Crippen MR) is 85.5 cm³/mol. The fourth-order valence-corrected chi connectivity index (χ4v) is 2.12. The second-order valence-corrected chi connectivity index (χ2v) is 4.94. The average Bonchev–Trinajstić information content (AvgIpc) is 3.14. The van der Waals surface area contributed by atoms with Gasteiger partial charge in [0.25, 0.3) is 0 Å². The molecule has 2 aromatic heterocycles. The molecule has 6 nitrogen and oxygen atoms in total. The summed E-state index contributed by atoms with van der Waals surface area (Å²) >= 11 is 0. The number of aryl methyl sites for hydroxylation is 3. The van der Waals surface area contributed by atoms with Crippen molar-refractivity contribution in [2.75, 3.05) is 0 Å². The number of nitrogens with two attached hydrogens (primary N) is 1. The number of nitrogens with zero attached hydrogens (tertiary/aromatic N) is 4. The fourth-order valence-electron chi connectivity index (χ4n) is 2.12. The van der Waals surface area contributed by atoms with Crippen LogP contribution >= 0.6 is 12.4 Å². The second kappa shape index (κ2) is 7.20. The smallest absolute Gasteiger partial charge is 0.227 e. The van der Waals surface area contributed by atoms with E-state index in [1.54, 1.807) is 4.68 Å². The van der Waals surface area contributed by atoms with Gasteiger partial charge in [0, 0.05) is 31.8 Å². The lowest BCUT2D eigenvalue weighted by Gasteiger charge is -1.97. The third-order valence-corrected chi connectivity index (χ3v) is 3.30. The number of hydrogen-bond donors (Lipinski definition) is 1. The van der Waals surface area contributed by atoms with E-state index >= 15 is 0 Å². The molecular weight excluding hydrogens is 302 g/mol. The highest BCUT2D eigenvalue weighted by Gasteiger charge is 2.09. The highest BCUT2D eigenvalue weighted by atomic mass is 35.5. The molecule has 0 saturated heterocycles. The first kappa shape index (κ1) is 16.2. The second-order valence-electron chi connectivity index (χ2n) is 4.94. The maximum Gasteiger partial charge on any atom is 0.227 e. The number of aromatic nitrogens is 4. The van der Waals surface area contributed by atoms with Crippen molar-refractivity contribution in [3.05, 3.63) is 53.7 Å². The van der Waals surface area contributed by atoms with E-state index < -0.39 is 0 Å². The van der Waals surface area contributed by atoms with Gasteiger partial charge in [-0.3, -0.25) is 4.68 Å². The number of halogens is 1. The van der Waals surface area contributed by atoms with Gasteiger partial charge in [-0.25, -0.2) is 0 Å². The van der Waals surface area contributed by atoms with Crippen LogP contribution in [-0.2, 0) is 26.4 Å². The summed E-state index contributed by atoms with van der Waals surface area (Å²) in [7, 11) is 1.90. The molecule has 0 aliphatic rings. The highest BCUT2D eigenvalue weighted by Crippen LogP contribution is 2.17. The van der Waals surface area contributed by atoms with Gasteiger partial charge in [0.1, 0.15) is 0 Å². The predicted octanol–water partition coefficient (Wildman–Crippen LogP) is 2.14. The zero-order valence-electron chi connectivity index (χ0n) is 12.3. The monoisotopic (exact) mass is 319 g/mol. The average molecular weight is 320 g/mol. The van der Waals surface area contributed by atoms with Crippen LogP contribution in [-0.4, -0.2) is 19.9 Å². The van der Waals surface area contributed by atoms with Crippen LogP contribution in [0.2, 0.25) is 0 Å². The van der Waals surface area contributed by atoms with E-state index in [2.05, 4.69) is 15.2 Å². The Balaban J connectivity index is 0.00000176. The van der Waals surface area contributed by atoms with Crippen molar-refractivity contribution >= 4 is 12.4 Å². The molecule has 0 aliphatic heterocycles. The molecule has 116 valence electrons. The first-order valence-electron chi connectivity index (χ1n) is 6.84. The lowest BCUT2D eigenvalue weighted by atomic mass is 10.1.